The third-order valence-electron chi connectivity index (χ3n) is 3.07. The molecule has 0 amide bonds. The van der Waals surface area contributed by atoms with E-state index in [9.17, 15) is 4.79 Å². The Morgan fingerprint density at radius 3 is 3.06 bits per heavy atom. The molecule has 86 valence electrons. The monoisotopic (exact) mass is 239 g/mol. The van der Waals surface area contributed by atoms with Crippen molar-refractivity contribution in [3.05, 3.63) is 34.3 Å². The highest BCUT2D eigenvalue weighted by molar-refractivity contribution is 6.30. The van der Waals surface area contributed by atoms with Gasteiger partial charge in [0, 0.05) is 11.1 Å². The van der Waals surface area contributed by atoms with Gasteiger partial charge in [0.15, 0.2) is 0 Å². The number of carbonyl (C=O) groups is 1. The SMILES string of the molecule is CN(CC(=O)O)C1CCc2cc(Cl)ccc21. The van der Waals surface area contributed by atoms with E-state index in [1.807, 2.05) is 30.1 Å². The fourth-order valence-corrected chi connectivity index (χ4v) is 2.54. The molecule has 1 N–H and O–H groups in total. The van der Waals surface area contributed by atoms with Gasteiger partial charge < -0.3 is 5.11 Å². The number of hydrogen-bond acceptors (Lipinski definition) is 2. The van der Waals surface area contributed by atoms with E-state index in [1.165, 1.54) is 11.1 Å². The molecule has 0 saturated carbocycles. The van der Waals surface area contributed by atoms with Crippen molar-refractivity contribution in [1.82, 2.24) is 4.90 Å². The van der Waals surface area contributed by atoms with Crippen molar-refractivity contribution in [2.45, 2.75) is 18.9 Å². The van der Waals surface area contributed by atoms with Gasteiger partial charge in [0.2, 0.25) is 0 Å². The molecule has 0 spiro atoms. The second kappa shape index (κ2) is 4.44. The first-order valence-corrected chi connectivity index (χ1v) is 5.66. The Labute approximate surface area is 99.6 Å². The third-order valence-corrected chi connectivity index (χ3v) is 3.30. The number of likely N-dealkylation sites (N-methyl/N-ethyl adjacent to an activating group) is 1. The van der Waals surface area contributed by atoms with Crippen LogP contribution in [0.15, 0.2) is 18.2 Å². The molecule has 1 aliphatic rings. The molecule has 0 fully saturated rings. The van der Waals surface area contributed by atoms with Crippen LogP contribution >= 0.6 is 11.6 Å². The van der Waals surface area contributed by atoms with Gasteiger partial charge in [0.25, 0.3) is 0 Å². The quantitative estimate of drug-likeness (QED) is 0.880. The Hall–Kier alpha value is -1.06. The zero-order chi connectivity index (χ0) is 11.7. The van der Waals surface area contributed by atoms with E-state index in [2.05, 4.69) is 0 Å². The summed E-state index contributed by atoms with van der Waals surface area (Å²) in [7, 11) is 1.85. The smallest absolute Gasteiger partial charge is 0.317 e. The lowest BCUT2D eigenvalue weighted by Gasteiger charge is -2.23. The van der Waals surface area contributed by atoms with E-state index in [0.717, 1.165) is 17.9 Å². The first-order chi connectivity index (χ1) is 7.58. The van der Waals surface area contributed by atoms with Crippen molar-refractivity contribution in [2.75, 3.05) is 13.6 Å². The zero-order valence-corrected chi connectivity index (χ0v) is 9.87. The normalized spacial score (nSPS) is 18.8. The topological polar surface area (TPSA) is 40.5 Å². The van der Waals surface area contributed by atoms with Crippen LogP contribution in [-0.4, -0.2) is 29.6 Å². The summed E-state index contributed by atoms with van der Waals surface area (Å²) < 4.78 is 0. The number of aryl methyl sites for hydroxylation is 1. The first kappa shape index (κ1) is 11.4. The average Bonchev–Trinajstić information content (AvgIpc) is 2.59. The molecule has 4 heteroatoms. The molecule has 0 bridgehead atoms. The van der Waals surface area contributed by atoms with Gasteiger partial charge in [-0.25, -0.2) is 0 Å². The molecule has 1 unspecified atom stereocenters. The van der Waals surface area contributed by atoms with E-state index in [-0.39, 0.29) is 12.6 Å². The van der Waals surface area contributed by atoms with Crippen LogP contribution in [0.3, 0.4) is 0 Å². The lowest BCUT2D eigenvalue weighted by molar-refractivity contribution is -0.138. The second-order valence-electron chi connectivity index (χ2n) is 4.21. The fourth-order valence-electron chi connectivity index (χ4n) is 2.34. The Kier molecular flexibility index (Phi) is 3.17. The predicted molar refractivity (Wildman–Crippen MR) is 62.8 cm³/mol. The van der Waals surface area contributed by atoms with Crippen LogP contribution in [0.5, 0.6) is 0 Å². The van der Waals surface area contributed by atoms with Crippen LogP contribution < -0.4 is 0 Å². The minimum Gasteiger partial charge on any atom is -0.480 e. The van der Waals surface area contributed by atoms with E-state index in [1.54, 1.807) is 0 Å². The van der Waals surface area contributed by atoms with Crippen LogP contribution in [0.4, 0.5) is 0 Å². The van der Waals surface area contributed by atoms with E-state index in [4.69, 9.17) is 16.7 Å². The number of hydrogen-bond donors (Lipinski definition) is 1. The fraction of sp³-hybridized carbons (Fsp3) is 0.417. The number of nitrogens with zero attached hydrogens (tertiary/aromatic N) is 1. The van der Waals surface area contributed by atoms with Gasteiger partial charge in [-0.05, 0) is 43.1 Å². The van der Waals surface area contributed by atoms with Gasteiger partial charge in [0.1, 0.15) is 0 Å². The first-order valence-electron chi connectivity index (χ1n) is 5.28. The second-order valence-corrected chi connectivity index (χ2v) is 4.64. The summed E-state index contributed by atoms with van der Waals surface area (Å²) in [6.45, 7) is 0.0761. The standard InChI is InChI=1S/C12H14ClNO2/c1-14(7-12(15)16)11-5-2-8-6-9(13)3-4-10(8)11/h3-4,6,11H,2,5,7H2,1H3,(H,15,16). The Morgan fingerprint density at radius 1 is 1.62 bits per heavy atom. The molecule has 1 aromatic rings. The molecule has 16 heavy (non-hydrogen) atoms. The molecular formula is C12H14ClNO2. The minimum absolute atomic E-state index is 0.0761. The number of fused-ring (bicyclic) bond motifs is 1. The maximum absolute atomic E-state index is 10.7. The molecule has 1 aliphatic carbocycles. The largest absolute Gasteiger partial charge is 0.480 e. The molecule has 1 atom stereocenters. The van der Waals surface area contributed by atoms with Crippen molar-refractivity contribution < 1.29 is 9.90 Å². The number of benzene rings is 1. The van der Waals surface area contributed by atoms with Gasteiger partial charge in [-0.1, -0.05) is 17.7 Å². The zero-order valence-electron chi connectivity index (χ0n) is 9.11. The highest BCUT2D eigenvalue weighted by Gasteiger charge is 2.26. The molecule has 3 nitrogen and oxygen atoms in total. The lowest BCUT2D eigenvalue weighted by Crippen LogP contribution is -2.28. The van der Waals surface area contributed by atoms with Crippen molar-refractivity contribution in [3.63, 3.8) is 0 Å². The molecule has 2 rings (SSSR count). The Bertz CT molecular complexity index is 419. The molecule has 1 aromatic carbocycles. The maximum atomic E-state index is 10.7. The molecule has 0 saturated heterocycles. The van der Waals surface area contributed by atoms with Crippen molar-refractivity contribution in [1.29, 1.82) is 0 Å². The van der Waals surface area contributed by atoms with Crippen LogP contribution in [0.2, 0.25) is 5.02 Å². The Balaban J connectivity index is 2.20. The van der Waals surface area contributed by atoms with Gasteiger partial charge in [0.05, 0.1) is 6.54 Å². The van der Waals surface area contributed by atoms with Crippen LogP contribution in [-0.2, 0) is 11.2 Å². The summed E-state index contributed by atoms with van der Waals surface area (Å²) in [4.78, 5) is 12.5. The number of aliphatic carboxylic acids is 1. The molecular weight excluding hydrogens is 226 g/mol. The highest BCUT2D eigenvalue weighted by atomic mass is 35.5. The van der Waals surface area contributed by atoms with Crippen molar-refractivity contribution >= 4 is 17.6 Å². The Morgan fingerprint density at radius 2 is 2.38 bits per heavy atom. The van der Waals surface area contributed by atoms with Gasteiger partial charge in [-0.15, -0.1) is 0 Å². The summed E-state index contributed by atoms with van der Waals surface area (Å²) in [6, 6.07) is 6.07. The molecule has 0 radical (unpaired) electrons. The molecule has 0 aliphatic heterocycles. The summed E-state index contributed by atoms with van der Waals surface area (Å²) in [6.07, 6.45) is 1.95. The van der Waals surface area contributed by atoms with Gasteiger partial charge in [-0.3, -0.25) is 9.69 Å². The average molecular weight is 240 g/mol. The summed E-state index contributed by atoms with van der Waals surface area (Å²) in [5.41, 5.74) is 2.46. The van der Waals surface area contributed by atoms with E-state index >= 15 is 0 Å². The van der Waals surface area contributed by atoms with Gasteiger partial charge >= 0.3 is 5.97 Å². The van der Waals surface area contributed by atoms with Gasteiger partial charge in [-0.2, -0.15) is 0 Å². The molecule has 0 heterocycles. The molecule has 0 aromatic heterocycles. The summed E-state index contributed by atoms with van der Waals surface area (Å²) in [5.74, 6) is -0.787. The lowest BCUT2D eigenvalue weighted by atomic mass is 10.1. The number of halogens is 1. The summed E-state index contributed by atoms with van der Waals surface area (Å²) >= 11 is 5.93. The van der Waals surface area contributed by atoms with Crippen LogP contribution in [0.25, 0.3) is 0 Å². The number of carboxylic acids is 1. The van der Waals surface area contributed by atoms with E-state index < -0.39 is 5.97 Å². The number of carboxylic acid groups (broad SMARTS) is 1. The van der Waals surface area contributed by atoms with Crippen LogP contribution in [0.1, 0.15) is 23.6 Å². The third kappa shape index (κ3) is 2.20. The maximum Gasteiger partial charge on any atom is 0.317 e. The number of rotatable bonds is 3. The van der Waals surface area contributed by atoms with Crippen molar-refractivity contribution in [3.8, 4) is 0 Å². The van der Waals surface area contributed by atoms with E-state index in [0.29, 0.717) is 0 Å². The minimum atomic E-state index is -0.787. The summed E-state index contributed by atoms with van der Waals surface area (Å²) in [5, 5.41) is 9.52. The van der Waals surface area contributed by atoms with Crippen molar-refractivity contribution in [2.24, 2.45) is 0 Å². The highest BCUT2D eigenvalue weighted by Crippen LogP contribution is 2.36. The predicted octanol–water partition coefficient (Wildman–Crippen LogP) is 2.34. The van der Waals surface area contributed by atoms with Crippen LogP contribution in [0, 0.1) is 0 Å².